The second-order valence-electron chi connectivity index (χ2n) is 3.34. The maximum atomic E-state index is 5.62. The molecule has 0 aromatic rings. The summed E-state index contributed by atoms with van der Waals surface area (Å²) in [5.74, 6) is 0. The predicted octanol–water partition coefficient (Wildman–Crippen LogP) is 0.792. The van der Waals surface area contributed by atoms with Gasteiger partial charge < -0.3 is 15.5 Å². The summed E-state index contributed by atoms with van der Waals surface area (Å²) in [5.41, 5.74) is 6.89. The van der Waals surface area contributed by atoms with Crippen molar-refractivity contribution in [3.63, 3.8) is 0 Å². The summed E-state index contributed by atoms with van der Waals surface area (Å²) in [5, 5.41) is 0. The van der Waals surface area contributed by atoms with Gasteiger partial charge in [-0.25, -0.2) is 0 Å². The third-order valence-electron chi connectivity index (χ3n) is 2.16. The van der Waals surface area contributed by atoms with Gasteiger partial charge in [-0.3, -0.25) is 0 Å². The van der Waals surface area contributed by atoms with Crippen LogP contribution < -0.4 is 5.73 Å². The van der Waals surface area contributed by atoms with E-state index in [2.05, 4.69) is 30.0 Å². The van der Waals surface area contributed by atoms with Crippen LogP contribution in [0.1, 0.15) is 19.8 Å². The Hall–Kier alpha value is -0.700. The van der Waals surface area contributed by atoms with Gasteiger partial charge in [-0.2, -0.15) is 0 Å². The molecule has 0 fully saturated rings. The summed E-state index contributed by atoms with van der Waals surface area (Å²) >= 11 is 0. The Morgan fingerprint density at radius 3 is 2.92 bits per heavy atom. The van der Waals surface area contributed by atoms with Crippen molar-refractivity contribution in [1.29, 1.82) is 0 Å². The number of rotatable bonds is 4. The molecule has 0 unspecified atom stereocenters. The largest absolute Gasteiger partial charge is 0.361 e. The Morgan fingerprint density at radius 2 is 2.33 bits per heavy atom. The molecule has 1 aliphatic heterocycles. The maximum Gasteiger partial charge on any atom is 0.0893 e. The Labute approximate surface area is 74.8 Å². The van der Waals surface area contributed by atoms with Gasteiger partial charge in [-0.15, -0.1) is 0 Å². The molecule has 0 atom stereocenters. The first-order valence-corrected chi connectivity index (χ1v) is 4.64. The molecule has 1 aliphatic rings. The second-order valence-corrected chi connectivity index (χ2v) is 3.34. The lowest BCUT2D eigenvalue weighted by Gasteiger charge is -2.21. The van der Waals surface area contributed by atoms with Crippen molar-refractivity contribution in [2.75, 3.05) is 26.8 Å². The van der Waals surface area contributed by atoms with E-state index in [9.17, 15) is 0 Å². The first-order valence-electron chi connectivity index (χ1n) is 4.64. The average Bonchev–Trinajstić information content (AvgIpc) is 2.42. The van der Waals surface area contributed by atoms with E-state index in [1.165, 1.54) is 18.5 Å². The van der Waals surface area contributed by atoms with Gasteiger partial charge in [-0.1, -0.05) is 13.3 Å². The minimum absolute atomic E-state index is 0.661. The van der Waals surface area contributed by atoms with E-state index >= 15 is 0 Å². The van der Waals surface area contributed by atoms with Gasteiger partial charge in [0, 0.05) is 32.0 Å². The Balaban J connectivity index is 2.39. The molecule has 1 heterocycles. The SMILES string of the molecule is CCCCN1CN(C)C=C1CN. The molecular formula is C9H19N3. The summed E-state index contributed by atoms with van der Waals surface area (Å²) in [7, 11) is 2.08. The Morgan fingerprint density at radius 1 is 1.58 bits per heavy atom. The van der Waals surface area contributed by atoms with E-state index in [0.29, 0.717) is 6.54 Å². The van der Waals surface area contributed by atoms with Crippen LogP contribution in [0.25, 0.3) is 0 Å². The smallest absolute Gasteiger partial charge is 0.0893 e. The zero-order chi connectivity index (χ0) is 8.97. The number of nitrogens with two attached hydrogens (primary N) is 1. The second kappa shape index (κ2) is 4.36. The van der Waals surface area contributed by atoms with Crippen LogP contribution in [0, 0.1) is 0 Å². The van der Waals surface area contributed by atoms with Gasteiger partial charge in [0.05, 0.1) is 6.67 Å². The molecule has 1 rings (SSSR count). The van der Waals surface area contributed by atoms with Crippen LogP contribution in [-0.4, -0.2) is 36.6 Å². The Kier molecular flexibility index (Phi) is 3.41. The van der Waals surface area contributed by atoms with Crippen molar-refractivity contribution in [2.24, 2.45) is 5.73 Å². The number of unbranched alkanes of at least 4 members (excludes halogenated alkanes) is 1. The summed E-state index contributed by atoms with van der Waals surface area (Å²) in [6.07, 6.45) is 4.64. The highest BCUT2D eigenvalue weighted by Crippen LogP contribution is 2.13. The summed E-state index contributed by atoms with van der Waals surface area (Å²) in [4.78, 5) is 4.53. The average molecular weight is 169 g/mol. The summed E-state index contributed by atoms with van der Waals surface area (Å²) in [6.45, 7) is 5.02. The van der Waals surface area contributed by atoms with Crippen molar-refractivity contribution in [1.82, 2.24) is 9.80 Å². The first-order chi connectivity index (χ1) is 5.77. The molecule has 0 radical (unpaired) electrons. The molecule has 3 nitrogen and oxygen atoms in total. The fraction of sp³-hybridized carbons (Fsp3) is 0.778. The van der Waals surface area contributed by atoms with Crippen LogP contribution in [0.15, 0.2) is 11.9 Å². The van der Waals surface area contributed by atoms with E-state index < -0.39 is 0 Å². The Bertz CT molecular complexity index is 165. The monoisotopic (exact) mass is 169 g/mol. The number of hydrogen-bond donors (Lipinski definition) is 1. The zero-order valence-electron chi connectivity index (χ0n) is 8.08. The van der Waals surface area contributed by atoms with Gasteiger partial charge in [0.1, 0.15) is 0 Å². The molecule has 0 aromatic carbocycles. The molecule has 0 aromatic heterocycles. The molecule has 12 heavy (non-hydrogen) atoms. The molecule has 0 spiro atoms. The van der Waals surface area contributed by atoms with E-state index in [1.807, 2.05) is 0 Å². The van der Waals surface area contributed by atoms with E-state index in [-0.39, 0.29) is 0 Å². The van der Waals surface area contributed by atoms with Crippen LogP contribution >= 0.6 is 0 Å². The lowest BCUT2D eigenvalue weighted by molar-refractivity contribution is 0.277. The van der Waals surface area contributed by atoms with E-state index in [1.54, 1.807) is 0 Å². The van der Waals surface area contributed by atoms with Gasteiger partial charge in [0.15, 0.2) is 0 Å². The molecule has 0 saturated carbocycles. The predicted molar refractivity (Wildman–Crippen MR) is 51.4 cm³/mol. The highest BCUT2D eigenvalue weighted by molar-refractivity contribution is 5.06. The van der Waals surface area contributed by atoms with Gasteiger partial charge in [-0.05, 0) is 6.42 Å². The molecule has 70 valence electrons. The van der Waals surface area contributed by atoms with Crippen molar-refractivity contribution in [2.45, 2.75) is 19.8 Å². The highest BCUT2D eigenvalue weighted by atomic mass is 15.3. The highest BCUT2D eigenvalue weighted by Gasteiger charge is 2.15. The summed E-state index contributed by atoms with van der Waals surface area (Å²) < 4.78 is 0. The first kappa shape index (κ1) is 9.39. The molecular weight excluding hydrogens is 150 g/mol. The molecule has 0 aliphatic carbocycles. The summed E-state index contributed by atoms with van der Waals surface area (Å²) in [6, 6.07) is 0. The molecule has 2 N–H and O–H groups in total. The molecule has 0 amide bonds. The third-order valence-corrected chi connectivity index (χ3v) is 2.16. The van der Waals surface area contributed by atoms with Gasteiger partial charge >= 0.3 is 0 Å². The van der Waals surface area contributed by atoms with Crippen LogP contribution in [0.3, 0.4) is 0 Å². The van der Waals surface area contributed by atoms with Crippen LogP contribution in [-0.2, 0) is 0 Å². The third kappa shape index (κ3) is 2.14. The van der Waals surface area contributed by atoms with Gasteiger partial charge in [0.25, 0.3) is 0 Å². The standard InChI is InChI=1S/C9H19N3/c1-3-4-5-12-8-11(2)7-9(12)6-10/h7H,3-6,8,10H2,1-2H3. The van der Waals surface area contributed by atoms with Gasteiger partial charge in [0.2, 0.25) is 0 Å². The van der Waals surface area contributed by atoms with Crippen molar-refractivity contribution in [3.05, 3.63) is 11.9 Å². The van der Waals surface area contributed by atoms with E-state index in [0.717, 1.165) is 13.2 Å². The molecule has 0 bridgehead atoms. The van der Waals surface area contributed by atoms with E-state index in [4.69, 9.17) is 5.73 Å². The lowest BCUT2D eigenvalue weighted by Crippen LogP contribution is -2.28. The van der Waals surface area contributed by atoms with Crippen molar-refractivity contribution < 1.29 is 0 Å². The molecule has 3 heteroatoms. The minimum atomic E-state index is 0.661. The number of nitrogens with zero attached hydrogens (tertiary/aromatic N) is 2. The van der Waals surface area contributed by atoms with Crippen LogP contribution in [0.4, 0.5) is 0 Å². The fourth-order valence-corrected chi connectivity index (χ4v) is 1.48. The number of hydrogen-bond acceptors (Lipinski definition) is 3. The van der Waals surface area contributed by atoms with Crippen molar-refractivity contribution >= 4 is 0 Å². The van der Waals surface area contributed by atoms with Crippen LogP contribution in [0.2, 0.25) is 0 Å². The molecule has 0 saturated heterocycles. The fourth-order valence-electron chi connectivity index (χ4n) is 1.48. The maximum absolute atomic E-state index is 5.62. The minimum Gasteiger partial charge on any atom is -0.361 e. The van der Waals surface area contributed by atoms with Crippen molar-refractivity contribution in [3.8, 4) is 0 Å². The lowest BCUT2D eigenvalue weighted by atomic mass is 10.3. The van der Waals surface area contributed by atoms with Crippen LogP contribution in [0.5, 0.6) is 0 Å². The zero-order valence-corrected chi connectivity index (χ0v) is 8.08. The topological polar surface area (TPSA) is 32.5 Å². The quantitative estimate of drug-likeness (QED) is 0.675. The normalized spacial score (nSPS) is 17.1.